The first kappa shape index (κ1) is 23.9. The topological polar surface area (TPSA) is 84.9 Å². The van der Waals surface area contributed by atoms with Crippen molar-refractivity contribution in [3.63, 3.8) is 0 Å². The highest BCUT2D eigenvalue weighted by molar-refractivity contribution is 6.24. The molecule has 2 aromatic rings. The summed E-state index contributed by atoms with van der Waals surface area (Å²) in [4.78, 5) is 41.9. The molecule has 8 heteroatoms. The maximum absolute atomic E-state index is 14.9. The van der Waals surface area contributed by atoms with Gasteiger partial charge in [0.25, 0.3) is 0 Å². The van der Waals surface area contributed by atoms with Crippen LogP contribution in [-0.4, -0.2) is 36.5 Å². The van der Waals surface area contributed by atoms with Gasteiger partial charge in [-0.1, -0.05) is 31.5 Å². The van der Waals surface area contributed by atoms with Crippen LogP contribution >= 0.6 is 0 Å². The molecule has 4 rings (SSSR count). The lowest BCUT2D eigenvalue weighted by Crippen LogP contribution is -2.56. The van der Waals surface area contributed by atoms with Crippen molar-refractivity contribution >= 4 is 23.5 Å². The summed E-state index contributed by atoms with van der Waals surface area (Å²) >= 11 is 0. The number of ether oxygens (including phenoxy) is 2. The molecule has 0 radical (unpaired) electrons. The molecule has 2 aromatic carbocycles. The second kappa shape index (κ2) is 9.54. The first-order chi connectivity index (χ1) is 16.4. The van der Waals surface area contributed by atoms with Crippen molar-refractivity contribution in [2.24, 2.45) is 11.8 Å². The average Bonchev–Trinajstić information content (AvgIpc) is 3.30. The normalized spacial score (nSPS) is 26.0. The summed E-state index contributed by atoms with van der Waals surface area (Å²) in [7, 11) is 0. The van der Waals surface area contributed by atoms with Gasteiger partial charge in [0.1, 0.15) is 17.1 Å². The number of rotatable bonds is 8. The van der Waals surface area contributed by atoms with Gasteiger partial charge in [0.15, 0.2) is 0 Å². The highest BCUT2D eigenvalue weighted by Gasteiger charge is 2.68. The number of amides is 2. The Bertz CT molecular complexity index is 1090. The van der Waals surface area contributed by atoms with E-state index in [4.69, 9.17) is 9.47 Å². The van der Waals surface area contributed by atoms with Crippen molar-refractivity contribution in [1.29, 1.82) is 0 Å². The molecule has 0 unspecified atom stereocenters. The van der Waals surface area contributed by atoms with Gasteiger partial charge in [-0.2, -0.15) is 0 Å². The fourth-order valence-electron chi connectivity index (χ4n) is 5.28. The Balaban J connectivity index is 1.83. The molecule has 0 saturated carbocycles. The lowest BCUT2D eigenvalue weighted by molar-refractivity contribution is -0.155. The van der Waals surface area contributed by atoms with Gasteiger partial charge in [-0.3, -0.25) is 19.7 Å². The Hall–Kier alpha value is -3.26. The summed E-state index contributed by atoms with van der Waals surface area (Å²) in [6.45, 7) is 6.05. The molecule has 2 amide bonds. The second-order valence-corrected chi connectivity index (χ2v) is 8.53. The molecule has 4 atom stereocenters. The van der Waals surface area contributed by atoms with Crippen LogP contribution in [0.25, 0.3) is 0 Å². The number of hydrogen-bond donors (Lipinski definition) is 1. The summed E-state index contributed by atoms with van der Waals surface area (Å²) in [6.07, 6.45) is 0.831. The number of nitrogens with zero attached hydrogens (tertiary/aromatic N) is 1. The van der Waals surface area contributed by atoms with Gasteiger partial charge in [-0.25, -0.2) is 9.29 Å². The molecule has 2 heterocycles. The molecule has 34 heavy (non-hydrogen) atoms. The number of carbonyl (C=O) groups is 3. The second-order valence-electron chi connectivity index (χ2n) is 8.53. The van der Waals surface area contributed by atoms with E-state index in [9.17, 15) is 18.8 Å². The number of fused-ring (bicyclic) bond motifs is 1. The standard InChI is InChI=1S/C26H29FN2O5/c1-4-15-26(25(32)34-6-3)21-20(22(28-26)18-9-7-8-10-19(18)27)23(30)29(24(21)31)16-11-13-17(14-12-16)33-5-2/h7-14,20-22,28H,4-6,15H2,1-3H3/t20-,21+,22-,26+/m0/s1. The van der Waals surface area contributed by atoms with Crippen LogP contribution in [0.5, 0.6) is 5.75 Å². The quantitative estimate of drug-likeness (QED) is 0.469. The number of benzene rings is 2. The van der Waals surface area contributed by atoms with E-state index in [1.807, 2.05) is 13.8 Å². The fourth-order valence-corrected chi connectivity index (χ4v) is 5.28. The van der Waals surface area contributed by atoms with E-state index < -0.39 is 47.0 Å². The zero-order valence-corrected chi connectivity index (χ0v) is 19.5. The summed E-state index contributed by atoms with van der Waals surface area (Å²) < 4.78 is 25.7. The Morgan fingerprint density at radius 3 is 2.35 bits per heavy atom. The minimum absolute atomic E-state index is 0.123. The maximum Gasteiger partial charge on any atom is 0.327 e. The van der Waals surface area contributed by atoms with Crippen LogP contribution in [0.3, 0.4) is 0 Å². The lowest BCUT2D eigenvalue weighted by atomic mass is 9.77. The fraction of sp³-hybridized carbons (Fsp3) is 0.423. The first-order valence-electron chi connectivity index (χ1n) is 11.7. The van der Waals surface area contributed by atoms with Crippen LogP contribution in [-0.2, 0) is 19.1 Å². The van der Waals surface area contributed by atoms with E-state index in [0.29, 0.717) is 24.5 Å². The number of carbonyl (C=O) groups excluding carboxylic acids is 3. The third-order valence-electron chi connectivity index (χ3n) is 6.58. The van der Waals surface area contributed by atoms with Gasteiger partial charge in [0, 0.05) is 11.6 Å². The van der Waals surface area contributed by atoms with Crippen LogP contribution in [0.4, 0.5) is 10.1 Å². The Labute approximate surface area is 198 Å². The average molecular weight is 469 g/mol. The van der Waals surface area contributed by atoms with E-state index >= 15 is 0 Å². The predicted molar refractivity (Wildman–Crippen MR) is 124 cm³/mol. The maximum atomic E-state index is 14.9. The lowest BCUT2D eigenvalue weighted by Gasteiger charge is -2.32. The largest absolute Gasteiger partial charge is 0.494 e. The molecule has 2 fully saturated rings. The summed E-state index contributed by atoms with van der Waals surface area (Å²) in [5.41, 5.74) is -0.807. The molecular weight excluding hydrogens is 439 g/mol. The molecule has 2 aliphatic rings. The molecule has 2 saturated heterocycles. The van der Waals surface area contributed by atoms with Gasteiger partial charge in [-0.15, -0.1) is 0 Å². The summed E-state index contributed by atoms with van der Waals surface area (Å²) in [6, 6.07) is 11.9. The molecule has 0 bridgehead atoms. The van der Waals surface area contributed by atoms with Crippen LogP contribution < -0.4 is 15.0 Å². The van der Waals surface area contributed by atoms with Gasteiger partial charge in [-0.05, 0) is 50.6 Å². The molecule has 1 N–H and O–H groups in total. The van der Waals surface area contributed by atoms with Crippen molar-refractivity contribution in [2.45, 2.75) is 45.2 Å². The van der Waals surface area contributed by atoms with Crippen molar-refractivity contribution in [3.05, 3.63) is 59.9 Å². The van der Waals surface area contributed by atoms with Gasteiger partial charge >= 0.3 is 5.97 Å². The molecule has 2 aliphatic heterocycles. The monoisotopic (exact) mass is 468 g/mol. The number of esters is 1. The Morgan fingerprint density at radius 1 is 1.03 bits per heavy atom. The highest BCUT2D eigenvalue weighted by atomic mass is 19.1. The molecular formula is C26H29FN2O5. The van der Waals surface area contributed by atoms with Crippen LogP contribution in [0, 0.1) is 17.7 Å². The molecule has 0 spiro atoms. The van der Waals surface area contributed by atoms with Crippen LogP contribution in [0.15, 0.2) is 48.5 Å². The third kappa shape index (κ3) is 3.76. The van der Waals surface area contributed by atoms with Crippen LogP contribution in [0.1, 0.15) is 45.2 Å². The van der Waals surface area contributed by atoms with Gasteiger partial charge in [0.2, 0.25) is 11.8 Å². The van der Waals surface area contributed by atoms with E-state index in [1.54, 1.807) is 49.4 Å². The third-order valence-corrected chi connectivity index (χ3v) is 6.58. The minimum Gasteiger partial charge on any atom is -0.494 e. The van der Waals surface area contributed by atoms with E-state index in [2.05, 4.69) is 5.32 Å². The zero-order valence-electron chi connectivity index (χ0n) is 19.5. The van der Waals surface area contributed by atoms with E-state index in [-0.39, 0.29) is 18.6 Å². The van der Waals surface area contributed by atoms with E-state index in [1.165, 1.54) is 6.07 Å². The van der Waals surface area contributed by atoms with Crippen LogP contribution in [0.2, 0.25) is 0 Å². The van der Waals surface area contributed by atoms with Crippen molar-refractivity contribution in [2.75, 3.05) is 18.1 Å². The number of anilines is 1. The highest BCUT2D eigenvalue weighted by Crippen LogP contribution is 2.52. The number of hydrogen-bond acceptors (Lipinski definition) is 6. The molecule has 180 valence electrons. The number of nitrogens with one attached hydrogen (secondary N) is 1. The Morgan fingerprint density at radius 2 is 1.74 bits per heavy atom. The summed E-state index contributed by atoms with van der Waals surface area (Å²) in [5.74, 6) is -3.42. The smallest absolute Gasteiger partial charge is 0.327 e. The van der Waals surface area contributed by atoms with E-state index in [0.717, 1.165) is 4.90 Å². The predicted octanol–water partition coefficient (Wildman–Crippen LogP) is 3.78. The molecule has 0 aromatic heterocycles. The Kier molecular flexibility index (Phi) is 6.70. The van der Waals surface area contributed by atoms with Crippen molar-refractivity contribution < 1.29 is 28.2 Å². The van der Waals surface area contributed by atoms with Crippen molar-refractivity contribution in [3.8, 4) is 5.75 Å². The molecule has 7 nitrogen and oxygen atoms in total. The number of imide groups is 1. The molecule has 0 aliphatic carbocycles. The van der Waals surface area contributed by atoms with Gasteiger partial charge < -0.3 is 9.47 Å². The summed E-state index contributed by atoms with van der Waals surface area (Å²) in [5, 5.41) is 3.20. The van der Waals surface area contributed by atoms with Gasteiger partial charge in [0.05, 0.1) is 30.7 Å². The number of halogens is 1. The SMILES string of the molecule is CCC[C@@]1(C(=O)OCC)N[C@@H](c2ccccc2F)[C@H]2C(=O)N(c3ccc(OCC)cc3)C(=O)[C@@H]21. The first-order valence-corrected chi connectivity index (χ1v) is 11.7. The zero-order chi connectivity index (χ0) is 24.5. The minimum atomic E-state index is -1.44. The van der Waals surface area contributed by atoms with Crippen molar-refractivity contribution in [1.82, 2.24) is 5.32 Å².